The van der Waals surface area contributed by atoms with Gasteiger partial charge in [0.05, 0.1) is 5.69 Å². The van der Waals surface area contributed by atoms with Crippen LogP contribution in [0.25, 0.3) is 5.69 Å². The van der Waals surface area contributed by atoms with Gasteiger partial charge < -0.3 is 10.1 Å². The number of esters is 1. The lowest BCUT2D eigenvalue weighted by atomic mass is 10.2. The molecule has 0 saturated heterocycles. The van der Waals surface area contributed by atoms with Crippen LogP contribution in [0.3, 0.4) is 0 Å². The number of carbonyl (C=O) groups is 2. The van der Waals surface area contributed by atoms with Gasteiger partial charge in [0.2, 0.25) is 0 Å². The minimum atomic E-state index is -0.540. The molecule has 0 fully saturated rings. The van der Waals surface area contributed by atoms with E-state index < -0.39 is 5.97 Å². The zero-order chi connectivity index (χ0) is 17.1. The van der Waals surface area contributed by atoms with Crippen LogP contribution in [0.4, 0.5) is 0 Å². The third-order valence-electron chi connectivity index (χ3n) is 3.91. The lowest BCUT2D eigenvalue weighted by molar-refractivity contribution is -0.124. The van der Waals surface area contributed by atoms with Crippen molar-refractivity contribution < 1.29 is 14.3 Å². The van der Waals surface area contributed by atoms with Gasteiger partial charge in [-0.1, -0.05) is 18.2 Å². The monoisotopic (exact) mass is 327 g/mol. The summed E-state index contributed by atoms with van der Waals surface area (Å²) in [6.45, 7) is 3.42. The van der Waals surface area contributed by atoms with Crippen LogP contribution in [-0.4, -0.2) is 34.3 Å². The van der Waals surface area contributed by atoms with Crippen LogP contribution in [0.15, 0.2) is 30.3 Å². The van der Waals surface area contributed by atoms with Crippen molar-refractivity contribution in [2.45, 2.75) is 39.2 Å². The Morgan fingerprint density at radius 3 is 2.71 bits per heavy atom. The van der Waals surface area contributed by atoms with Gasteiger partial charge in [0.15, 0.2) is 12.3 Å². The van der Waals surface area contributed by atoms with Crippen molar-refractivity contribution in [3.63, 3.8) is 0 Å². The lowest BCUT2D eigenvalue weighted by Crippen LogP contribution is -2.34. The molecule has 0 saturated carbocycles. The molecule has 0 unspecified atom stereocenters. The molecule has 126 valence electrons. The summed E-state index contributed by atoms with van der Waals surface area (Å²) in [6, 6.07) is 9.74. The summed E-state index contributed by atoms with van der Waals surface area (Å²) in [7, 11) is 0. The van der Waals surface area contributed by atoms with Crippen LogP contribution >= 0.6 is 0 Å². The van der Waals surface area contributed by atoms with E-state index in [9.17, 15) is 9.59 Å². The molecule has 0 radical (unpaired) electrons. The quantitative estimate of drug-likeness (QED) is 0.853. The predicted molar refractivity (Wildman–Crippen MR) is 89.2 cm³/mol. The predicted octanol–water partition coefficient (Wildman–Crippen LogP) is 2.04. The van der Waals surface area contributed by atoms with Crippen LogP contribution in [-0.2, 0) is 22.4 Å². The standard InChI is InChI=1S/C18H21N3O3/c1-12(2)19-16(22)11-24-18(23)17-14-9-6-10-15(14)21(20-17)13-7-4-3-5-8-13/h3-5,7-8,12H,6,9-11H2,1-2H3,(H,19,22). The summed E-state index contributed by atoms with van der Waals surface area (Å²) >= 11 is 0. The summed E-state index contributed by atoms with van der Waals surface area (Å²) in [5.74, 6) is -0.848. The number of aromatic nitrogens is 2. The average Bonchev–Trinajstić information content (AvgIpc) is 3.15. The first-order valence-corrected chi connectivity index (χ1v) is 8.19. The Balaban J connectivity index is 1.79. The summed E-state index contributed by atoms with van der Waals surface area (Å²) in [6.07, 6.45) is 2.69. The fourth-order valence-corrected chi connectivity index (χ4v) is 2.95. The van der Waals surface area contributed by atoms with Gasteiger partial charge in [0, 0.05) is 17.3 Å². The lowest BCUT2D eigenvalue weighted by Gasteiger charge is -2.08. The molecule has 6 nitrogen and oxygen atoms in total. The number of nitrogens with zero attached hydrogens (tertiary/aromatic N) is 2. The molecule has 2 aromatic rings. The van der Waals surface area contributed by atoms with E-state index in [-0.39, 0.29) is 18.6 Å². The molecule has 24 heavy (non-hydrogen) atoms. The molecule has 0 aliphatic heterocycles. The minimum Gasteiger partial charge on any atom is -0.451 e. The Labute approximate surface area is 140 Å². The topological polar surface area (TPSA) is 73.2 Å². The second-order valence-electron chi connectivity index (χ2n) is 6.17. The first kappa shape index (κ1) is 16.2. The zero-order valence-electron chi connectivity index (χ0n) is 13.9. The van der Waals surface area contributed by atoms with Crippen LogP contribution < -0.4 is 5.32 Å². The Morgan fingerprint density at radius 1 is 1.25 bits per heavy atom. The Kier molecular flexibility index (Phi) is 4.64. The van der Waals surface area contributed by atoms with E-state index >= 15 is 0 Å². The van der Waals surface area contributed by atoms with Crippen molar-refractivity contribution in [3.8, 4) is 5.69 Å². The molecule has 0 spiro atoms. The molecule has 0 atom stereocenters. The number of nitrogens with one attached hydrogen (secondary N) is 1. The number of benzene rings is 1. The van der Waals surface area contributed by atoms with Crippen LogP contribution in [0, 0.1) is 0 Å². The van der Waals surface area contributed by atoms with Crippen molar-refractivity contribution in [3.05, 3.63) is 47.3 Å². The van der Waals surface area contributed by atoms with E-state index in [1.165, 1.54) is 0 Å². The zero-order valence-corrected chi connectivity index (χ0v) is 13.9. The number of rotatable bonds is 5. The number of amides is 1. The first-order valence-electron chi connectivity index (χ1n) is 8.19. The Hall–Kier alpha value is -2.63. The number of carbonyl (C=O) groups excluding carboxylic acids is 2. The molecule has 3 rings (SSSR count). The summed E-state index contributed by atoms with van der Waals surface area (Å²) in [5, 5.41) is 7.14. The van der Waals surface area contributed by atoms with Crippen LogP contribution in [0.5, 0.6) is 0 Å². The maximum absolute atomic E-state index is 12.4. The maximum atomic E-state index is 12.4. The van der Waals surface area contributed by atoms with Crippen LogP contribution in [0.1, 0.15) is 42.0 Å². The SMILES string of the molecule is CC(C)NC(=O)COC(=O)c1nn(-c2ccccc2)c2c1CCC2. The van der Waals surface area contributed by atoms with Crippen molar-refractivity contribution in [1.29, 1.82) is 0 Å². The van der Waals surface area contributed by atoms with Crippen molar-refractivity contribution in [1.82, 2.24) is 15.1 Å². The highest BCUT2D eigenvalue weighted by molar-refractivity contribution is 5.91. The molecule has 6 heteroatoms. The summed E-state index contributed by atoms with van der Waals surface area (Å²) in [4.78, 5) is 24.0. The summed E-state index contributed by atoms with van der Waals surface area (Å²) < 4.78 is 6.95. The molecule has 1 aromatic carbocycles. The van der Waals surface area contributed by atoms with Gasteiger partial charge in [-0.2, -0.15) is 5.10 Å². The molecule has 1 N–H and O–H groups in total. The number of ether oxygens (including phenoxy) is 1. The Bertz CT molecular complexity index is 750. The minimum absolute atomic E-state index is 0.0118. The number of hydrogen-bond acceptors (Lipinski definition) is 4. The largest absolute Gasteiger partial charge is 0.451 e. The maximum Gasteiger partial charge on any atom is 0.359 e. The van der Waals surface area contributed by atoms with E-state index in [0.717, 1.165) is 36.2 Å². The van der Waals surface area contributed by atoms with Gasteiger partial charge in [-0.05, 0) is 45.2 Å². The van der Waals surface area contributed by atoms with Gasteiger partial charge in [-0.3, -0.25) is 4.79 Å². The summed E-state index contributed by atoms with van der Waals surface area (Å²) in [5.41, 5.74) is 3.24. The van der Waals surface area contributed by atoms with E-state index in [2.05, 4.69) is 10.4 Å². The average molecular weight is 327 g/mol. The van der Waals surface area contributed by atoms with Crippen molar-refractivity contribution in [2.24, 2.45) is 0 Å². The van der Waals surface area contributed by atoms with E-state index in [4.69, 9.17) is 4.74 Å². The number of fused-ring (bicyclic) bond motifs is 1. The highest BCUT2D eigenvalue weighted by Gasteiger charge is 2.28. The third kappa shape index (κ3) is 3.32. The fourth-order valence-electron chi connectivity index (χ4n) is 2.95. The number of hydrogen-bond donors (Lipinski definition) is 1. The molecule has 1 aromatic heterocycles. The second-order valence-corrected chi connectivity index (χ2v) is 6.17. The second kappa shape index (κ2) is 6.86. The molecule has 1 aliphatic rings. The molecular weight excluding hydrogens is 306 g/mol. The third-order valence-corrected chi connectivity index (χ3v) is 3.91. The highest BCUT2D eigenvalue weighted by Crippen LogP contribution is 2.28. The van der Waals surface area contributed by atoms with E-state index in [0.29, 0.717) is 5.69 Å². The molecule has 1 aliphatic carbocycles. The van der Waals surface area contributed by atoms with Crippen molar-refractivity contribution in [2.75, 3.05) is 6.61 Å². The van der Waals surface area contributed by atoms with Crippen LogP contribution in [0.2, 0.25) is 0 Å². The Morgan fingerprint density at radius 2 is 2.00 bits per heavy atom. The van der Waals surface area contributed by atoms with Gasteiger partial charge in [0.1, 0.15) is 0 Å². The van der Waals surface area contributed by atoms with Gasteiger partial charge >= 0.3 is 5.97 Å². The van der Waals surface area contributed by atoms with E-state index in [1.807, 2.05) is 48.9 Å². The normalized spacial score (nSPS) is 13.0. The molecule has 1 amide bonds. The van der Waals surface area contributed by atoms with Gasteiger partial charge in [-0.25, -0.2) is 9.48 Å². The molecule has 1 heterocycles. The van der Waals surface area contributed by atoms with Gasteiger partial charge in [0.25, 0.3) is 5.91 Å². The molecule has 0 bridgehead atoms. The highest BCUT2D eigenvalue weighted by atomic mass is 16.5. The van der Waals surface area contributed by atoms with Gasteiger partial charge in [-0.15, -0.1) is 0 Å². The van der Waals surface area contributed by atoms with Crippen molar-refractivity contribution >= 4 is 11.9 Å². The number of para-hydroxylation sites is 1. The van der Waals surface area contributed by atoms with E-state index in [1.54, 1.807) is 0 Å². The molecular formula is C18H21N3O3. The fraction of sp³-hybridized carbons (Fsp3) is 0.389. The first-order chi connectivity index (χ1) is 11.6. The smallest absolute Gasteiger partial charge is 0.359 e.